The molecule has 1 aliphatic rings. The summed E-state index contributed by atoms with van der Waals surface area (Å²) in [5.41, 5.74) is 6.67. The molecular weight excluding hydrogens is 400 g/mol. The molecule has 0 spiro atoms. The molecule has 3 aromatic rings. The monoisotopic (exact) mass is 416 g/mol. The first kappa shape index (κ1) is 19.8. The number of hydrogen-bond donors (Lipinski definition) is 1. The maximum atomic E-state index is 12.5. The van der Waals surface area contributed by atoms with Gasteiger partial charge in [0.15, 0.2) is 0 Å². The van der Waals surface area contributed by atoms with Crippen LogP contribution in [0.25, 0.3) is 0 Å². The van der Waals surface area contributed by atoms with Gasteiger partial charge in [0, 0.05) is 0 Å². The van der Waals surface area contributed by atoms with E-state index in [4.69, 9.17) is 15.3 Å². The van der Waals surface area contributed by atoms with Crippen molar-refractivity contribution in [2.45, 2.75) is 6.61 Å². The summed E-state index contributed by atoms with van der Waals surface area (Å²) in [7, 11) is 0. The number of carbonyl (C=O) groups excluding carboxylic acids is 4. The van der Waals surface area contributed by atoms with Crippen molar-refractivity contribution in [2.75, 3.05) is 0 Å². The quantitative estimate of drug-likeness (QED) is 0.618. The molecule has 0 aliphatic carbocycles. The Labute approximate surface area is 176 Å². The van der Waals surface area contributed by atoms with Crippen LogP contribution in [0.2, 0.25) is 0 Å². The molecule has 0 atom stereocenters. The van der Waals surface area contributed by atoms with Gasteiger partial charge in [0.25, 0.3) is 17.7 Å². The third kappa shape index (κ3) is 3.86. The summed E-state index contributed by atoms with van der Waals surface area (Å²) < 4.78 is 5.66. The van der Waals surface area contributed by atoms with Crippen molar-refractivity contribution in [1.82, 2.24) is 5.06 Å². The molecule has 154 valence electrons. The van der Waals surface area contributed by atoms with Gasteiger partial charge in [-0.05, 0) is 42.0 Å². The molecule has 8 heteroatoms. The van der Waals surface area contributed by atoms with Crippen molar-refractivity contribution >= 4 is 23.7 Å². The van der Waals surface area contributed by atoms with Crippen LogP contribution < -0.4 is 10.5 Å². The highest BCUT2D eigenvalue weighted by Gasteiger charge is 2.38. The van der Waals surface area contributed by atoms with Gasteiger partial charge < -0.3 is 15.3 Å². The van der Waals surface area contributed by atoms with Gasteiger partial charge in [0.2, 0.25) is 0 Å². The normalized spacial score (nSPS) is 12.5. The zero-order valence-corrected chi connectivity index (χ0v) is 16.1. The number of hydroxylamine groups is 2. The van der Waals surface area contributed by atoms with Crippen LogP contribution >= 0.6 is 0 Å². The number of imide groups is 1. The summed E-state index contributed by atoms with van der Waals surface area (Å²) in [5.74, 6) is -2.57. The zero-order chi connectivity index (χ0) is 22.0. The molecule has 0 aromatic heterocycles. The molecule has 3 amide bonds. The Morgan fingerprint density at radius 1 is 0.839 bits per heavy atom. The van der Waals surface area contributed by atoms with Crippen LogP contribution in [-0.4, -0.2) is 28.8 Å². The number of nitrogens with zero attached hydrogens (tertiary/aromatic N) is 1. The highest BCUT2D eigenvalue weighted by Crippen LogP contribution is 2.24. The molecule has 0 saturated carbocycles. The fraction of sp³-hybridized carbons (Fsp3) is 0.0435. The molecule has 0 unspecified atom stereocenters. The zero-order valence-electron chi connectivity index (χ0n) is 16.1. The lowest BCUT2D eigenvalue weighted by molar-refractivity contribution is -0.0584. The van der Waals surface area contributed by atoms with Crippen LogP contribution in [0.3, 0.4) is 0 Å². The maximum Gasteiger partial charge on any atom is 0.363 e. The Bertz CT molecular complexity index is 1180. The average molecular weight is 416 g/mol. The number of carbonyl (C=O) groups is 4. The number of primary amides is 1. The lowest BCUT2D eigenvalue weighted by atomic mass is 10.1. The first-order valence-corrected chi connectivity index (χ1v) is 9.26. The first-order chi connectivity index (χ1) is 15.0. The molecular formula is C23H16N2O6. The fourth-order valence-corrected chi connectivity index (χ4v) is 3.13. The van der Waals surface area contributed by atoms with Crippen LogP contribution in [0.4, 0.5) is 0 Å². The minimum Gasteiger partial charge on any atom is -0.488 e. The number of benzene rings is 3. The van der Waals surface area contributed by atoms with Crippen molar-refractivity contribution in [2.24, 2.45) is 5.73 Å². The van der Waals surface area contributed by atoms with E-state index in [0.29, 0.717) is 16.4 Å². The molecule has 31 heavy (non-hydrogen) atoms. The predicted octanol–water partition coefficient (Wildman–Crippen LogP) is 2.73. The van der Waals surface area contributed by atoms with Crippen LogP contribution in [0.15, 0.2) is 72.8 Å². The van der Waals surface area contributed by atoms with E-state index in [1.165, 1.54) is 24.3 Å². The van der Waals surface area contributed by atoms with Gasteiger partial charge in [0.1, 0.15) is 12.4 Å². The number of rotatable bonds is 6. The summed E-state index contributed by atoms with van der Waals surface area (Å²) in [6.45, 7) is 0.0540. The number of ether oxygens (including phenoxy) is 1. The van der Waals surface area contributed by atoms with Crippen molar-refractivity contribution in [3.05, 3.63) is 101 Å². The van der Waals surface area contributed by atoms with E-state index in [0.717, 1.165) is 0 Å². The Morgan fingerprint density at radius 3 is 2.16 bits per heavy atom. The van der Waals surface area contributed by atoms with Gasteiger partial charge in [-0.3, -0.25) is 14.4 Å². The molecule has 2 N–H and O–H groups in total. The summed E-state index contributed by atoms with van der Waals surface area (Å²) >= 11 is 0. The topological polar surface area (TPSA) is 116 Å². The molecule has 1 heterocycles. The highest BCUT2D eigenvalue weighted by molar-refractivity contribution is 6.21. The molecule has 0 radical (unpaired) electrons. The second-order valence-electron chi connectivity index (χ2n) is 6.68. The summed E-state index contributed by atoms with van der Waals surface area (Å²) in [6, 6.07) is 19.1. The van der Waals surface area contributed by atoms with Gasteiger partial charge in [-0.15, -0.1) is 0 Å². The smallest absolute Gasteiger partial charge is 0.363 e. The second kappa shape index (κ2) is 8.11. The number of fused-ring (bicyclic) bond motifs is 1. The number of hydrogen-bond acceptors (Lipinski definition) is 6. The third-order valence-electron chi connectivity index (χ3n) is 4.64. The molecule has 0 fully saturated rings. The Balaban J connectivity index is 1.47. The van der Waals surface area contributed by atoms with E-state index in [1.807, 2.05) is 0 Å². The lowest BCUT2D eigenvalue weighted by Gasteiger charge is -2.13. The molecule has 8 nitrogen and oxygen atoms in total. The predicted molar refractivity (Wildman–Crippen MR) is 108 cm³/mol. The third-order valence-corrected chi connectivity index (χ3v) is 4.64. The van der Waals surface area contributed by atoms with E-state index in [-0.39, 0.29) is 28.9 Å². The minimum absolute atomic E-state index is 0.0540. The van der Waals surface area contributed by atoms with Crippen LogP contribution in [0, 0.1) is 0 Å². The molecule has 4 rings (SSSR count). The van der Waals surface area contributed by atoms with E-state index < -0.39 is 23.7 Å². The van der Waals surface area contributed by atoms with E-state index in [1.54, 1.807) is 48.5 Å². The fourth-order valence-electron chi connectivity index (χ4n) is 3.13. The second-order valence-corrected chi connectivity index (χ2v) is 6.68. The van der Waals surface area contributed by atoms with Crippen molar-refractivity contribution < 1.29 is 28.8 Å². The van der Waals surface area contributed by atoms with Gasteiger partial charge in [-0.25, -0.2) is 4.79 Å². The summed E-state index contributed by atoms with van der Waals surface area (Å²) in [6.07, 6.45) is 0. The lowest BCUT2D eigenvalue weighted by Crippen LogP contribution is -2.32. The van der Waals surface area contributed by atoms with Gasteiger partial charge in [-0.2, -0.15) is 0 Å². The van der Waals surface area contributed by atoms with Crippen LogP contribution in [-0.2, 0) is 11.4 Å². The Hall–Kier alpha value is -4.46. The van der Waals surface area contributed by atoms with Gasteiger partial charge >= 0.3 is 5.97 Å². The largest absolute Gasteiger partial charge is 0.488 e. The van der Waals surface area contributed by atoms with Crippen LogP contribution in [0.1, 0.15) is 47.0 Å². The molecule has 0 saturated heterocycles. The number of amides is 3. The van der Waals surface area contributed by atoms with Crippen LogP contribution in [0.5, 0.6) is 5.75 Å². The Kier molecular flexibility index (Phi) is 5.19. The number of nitrogens with two attached hydrogens (primary N) is 1. The highest BCUT2D eigenvalue weighted by atomic mass is 16.7. The maximum absolute atomic E-state index is 12.5. The molecule has 0 bridgehead atoms. The van der Waals surface area contributed by atoms with Gasteiger partial charge in [0.05, 0.1) is 22.3 Å². The number of para-hydroxylation sites is 1. The molecule has 3 aromatic carbocycles. The van der Waals surface area contributed by atoms with Gasteiger partial charge in [-0.1, -0.05) is 41.5 Å². The first-order valence-electron chi connectivity index (χ1n) is 9.26. The summed E-state index contributed by atoms with van der Waals surface area (Å²) in [5, 5.41) is 0.458. The van der Waals surface area contributed by atoms with Crippen molar-refractivity contribution in [3.63, 3.8) is 0 Å². The van der Waals surface area contributed by atoms with E-state index >= 15 is 0 Å². The van der Waals surface area contributed by atoms with Crippen molar-refractivity contribution in [3.8, 4) is 5.75 Å². The molecule has 1 aliphatic heterocycles. The SMILES string of the molecule is NC(=O)c1ccccc1OCc1cccc(C(=O)ON2C(=O)c3ccccc3C2=O)c1. The summed E-state index contributed by atoms with van der Waals surface area (Å²) in [4.78, 5) is 53.8. The van der Waals surface area contributed by atoms with Crippen molar-refractivity contribution in [1.29, 1.82) is 0 Å². The average Bonchev–Trinajstić information content (AvgIpc) is 3.03. The van der Waals surface area contributed by atoms with E-state index in [9.17, 15) is 19.2 Å². The van der Waals surface area contributed by atoms with E-state index in [2.05, 4.69) is 0 Å². The Morgan fingerprint density at radius 2 is 1.48 bits per heavy atom. The minimum atomic E-state index is -0.867. The standard InChI is InChI=1S/C23H16N2O6/c24-20(26)18-10-3-4-11-19(18)30-13-14-6-5-7-15(12-14)23(29)31-25-21(27)16-8-1-2-9-17(16)22(25)28/h1-12H,13H2,(H2,24,26).